The molecule has 3 aliphatic carbocycles. The molecule has 3 fully saturated rings. The van der Waals surface area contributed by atoms with E-state index in [1.165, 1.54) is 18.8 Å². The summed E-state index contributed by atoms with van der Waals surface area (Å²) >= 11 is 0. The Balaban J connectivity index is 1.49. The smallest absolute Gasteiger partial charge is 0.241 e. The van der Waals surface area contributed by atoms with Gasteiger partial charge in [-0.25, -0.2) is 28.1 Å². The highest BCUT2D eigenvalue weighted by molar-refractivity contribution is 7.89. The predicted octanol–water partition coefficient (Wildman–Crippen LogP) is 2.80. The molecule has 9 nitrogen and oxygen atoms in total. The Bertz CT molecular complexity index is 1320. The molecular weight excluding hydrogens is 416 g/mol. The van der Waals surface area contributed by atoms with E-state index in [2.05, 4.69) is 25.7 Å². The van der Waals surface area contributed by atoms with Crippen LogP contribution in [0.15, 0.2) is 46.3 Å². The number of hydrogen-bond acceptors (Lipinski definition) is 8. The summed E-state index contributed by atoms with van der Waals surface area (Å²) in [5.41, 5.74) is 7.34. The van der Waals surface area contributed by atoms with Gasteiger partial charge in [0.05, 0.1) is 34.5 Å². The lowest BCUT2D eigenvalue weighted by Crippen LogP contribution is -2.55. The summed E-state index contributed by atoms with van der Waals surface area (Å²) in [4.78, 5) is 12.8. The van der Waals surface area contributed by atoms with Crippen LogP contribution in [0.25, 0.3) is 22.7 Å². The second kappa shape index (κ2) is 6.60. The first-order chi connectivity index (χ1) is 14.7. The second-order valence-electron chi connectivity index (χ2n) is 8.46. The van der Waals surface area contributed by atoms with Gasteiger partial charge in [0.2, 0.25) is 10.0 Å². The van der Waals surface area contributed by atoms with Crippen LogP contribution in [0.3, 0.4) is 0 Å². The number of sulfonamides is 1. The zero-order chi connectivity index (χ0) is 21.9. The topological polar surface area (TPSA) is 148 Å². The van der Waals surface area contributed by atoms with Crippen molar-refractivity contribution in [3.05, 3.63) is 42.5 Å². The number of fused-ring (bicyclic) bond motifs is 1. The Morgan fingerprint density at radius 3 is 2.74 bits per heavy atom. The molecule has 1 aromatic carbocycles. The third kappa shape index (κ3) is 3.17. The molecule has 0 unspecified atom stereocenters. The molecule has 3 aliphatic rings. The summed E-state index contributed by atoms with van der Waals surface area (Å²) in [5.74, 6) is 0.566. The largest absolute Gasteiger partial charge is 0.442 e. The van der Waals surface area contributed by atoms with E-state index in [1.807, 2.05) is 6.92 Å². The highest BCUT2D eigenvalue weighted by atomic mass is 32.2. The zero-order valence-corrected chi connectivity index (χ0v) is 17.6. The fourth-order valence-electron chi connectivity index (χ4n) is 4.76. The number of nitrogens with two attached hydrogens (primary N) is 1. The van der Waals surface area contributed by atoms with Crippen LogP contribution in [-0.2, 0) is 10.0 Å². The maximum Gasteiger partial charge on any atom is 0.241 e. The van der Waals surface area contributed by atoms with Crippen molar-refractivity contribution < 1.29 is 12.8 Å². The third-order valence-corrected chi connectivity index (χ3v) is 7.86. The third-order valence-electron chi connectivity index (χ3n) is 6.29. The highest BCUT2D eigenvalue weighted by Gasteiger charge is 2.62. The number of rotatable bonds is 5. The van der Waals surface area contributed by atoms with E-state index in [-0.39, 0.29) is 16.1 Å². The van der Waals surface area contributed by atoms with Gasteiger partial charge in [-0.2, -0.15) is 5.26 Å². The quantitative estimate of drug-likeness (QED) is 0.620. The van der Waals surface area contributed by atoms with Crippen LogP contribution < -0.4 is 10.5 Å². The molecule has 0 saturated heterocycles. The summed E-state index contributed by atoms with van der Waals surface area (Å²) in [5, 5.41) is 9.34. The summed E-state index contributed by atoms with van der Waals surface area (Å²) in [6.45, 7) is 1.87. The van der Waals surface area contributed by atoms with Crippen molar-refractivity contribution in [3.8, 4) is 28.8 Å². The first-order valence-electron chi connectivity index (χ1n) is 9.83. The summed E-state index contributed by atoms with van der Waals surface area (Å²) in [6, 6.07) is 7.24. The lowest BCUT2D eigenvalue weighted by atomic mass is 9.66. The van der Waals surface area contributed by atoms with Gasteiger partial charge >= 0.3 is 0 Å². The van der Waals surface area contributed by atoms with Crippen LogP contribution in [0.1, 0.15) is 31.2 Å². The van der Waals surface area contributed by atoms with Crippen LogP contribution in [0.4, 0.5) is 5.82 Å². The minimum Gasteiger partial charge on any atom is -0.442 e. The fourth-order valence-corrected chi connectivity index (χ4v) is 6.22. The van der Waals surface area contributed by atoms with Crippen LogP contribution in [0.5, 0.6) is 0 Å². The van der Waals surface area contributed by atoms with Crippen molar-refractivity contribution in [2.75, 3.05) is 5.73 Å². The van der Waals surface area contributed by atoms with E-state index < -0.39 is 15.6 Å². The molecule has 0 spiro atoms. The number of nitrogens with one attached hydrogen (secondary N) is 1. The summed E-state index contributed by atoms with van der Waals surface area (Å²) in [7, 11) is -3.77. The number of nitriles is 1. The van der Waals surface area contributed by atoms with Crippen LogP contribution in [-0.4, -0.2) is 28.9 Å². The van der Waals surface area contributed by atoms with Crippen LogP contribution in [0, 0.1) is 23.7 Å². The number of nitrogen functional groups attached to an aromatic ring is 1. The zero-order valence-electron chi connectivity index (χ0n) is 16.8. The van der Waals surface area contributed by atoms with Gasteiger partial charge in [0, 0.05) is 11.1 Å². The molecule has 31 heavy (non-hydrogen) atoms. The second-order valence-corrected chi connectivity index (χ2v) is 10.1. The molecule has 0 radical (unpaired) electrons. The van der Waals surface area contributed by atoms with E-state index in [0.717, 1.165) is 12.0 Å². The SMILES string of the molecule is Cc1ccc(S(=O)(=O)NC23CCC(C#N)(C2)C3)cc1-c1cnc(N)c(-c2cnco2)n1. The average molecular weight is 436 g/mol. The van der Waals surface area contributed by atoms with Gasteiger partial charge in [-0.15, -0.1) is 0 Å². The lowest BCUT2D eigenvalue weighted by molar-refractivity contribution is 0.161. The number of nitrogens with zero attached hydrogens (tertiary/aromatic N) is 4. The van der Waals surface area contributed by atoms with Crippen molar-refractivity contribution in [2.45, 2.75) is 43.0 Å². The number of aromatic nitrogens is 3. The number of anilines is 1. The standard InChI is InChI=1S/C21H20N6O3S/c1-13-2-3-14(31(28,29)27-21-5-4-20(9-21,10-21)11-22)6-15(13)16-7-25-19(23)18(26-16)17-8-24-12-30-17/h2-3,6-8,12,27H,4-5,9-10H2,1H3,(H2,23,25). The number of oxazole rings is 1. The van der Waals surface area contributed by atoms with Crippen molar-refractivity contribution in [1.82, 2.24) is 19.7 Å². The minimum absolute atomic E-state index is 0.142. The van der Waals surface area contributed by atoms with Gasteiger partial charge in [-0.3, -0.25) is 0 Å². The Morgan fingerprint density at radius 1 is 1.26 bits per heavy atom. The molecular formula is C21H20N6O3S. The molecule has 0 amide bonds. The van der Waals surface area contributed by atoms with Crippen molar-refractivity contribution in [2.24, 2.45) is 5.41 Å². The van der Waals surface area contributed by atoms with Crippen LogP contribution in [0.2, 0.25) is 0 Å². The lowest BCUT2D eigenvalue weighted by Gasteiger charge is -2.43. The number of benzene rings is 1. The molecule has 10 heteroatoms. The fraction of sp³-hybridized carbons (Fsp3) is 0.333. The van der Waals surface area contributed by atoms with E-state index in [0.29, 0.717) is 42.0 Å². The maximum absolute atomic E-state index is 13.1. The van der Waals surface area contributed by atoms with Gasteiger partial charge < -0.3 is 10.2 Å². The number of aryl methyl sites for hydroxylation is 1. The van der Waals surface area contributed by atoms with E-state index in [1.54, 1.807) is 18.2 Å². The molecule has 158 valence electrons. The Kier molecular flexibility index (Phi) is 4.19. The summed E-state index contributed by atoms with van der Waals surface area (Å²) < 4.78 is 34.4. The van der Waals surface area contributed by atoms with Gasteiger partial charge in [-0.1, -0.05) is 6.07 Å². The number of hydrogen-bond donors (Lipinski definition) is 2. The molecule has 6 rings (SSSR count). The van der Waals surface area contributed by atoms with Crippen molar-refractivity contribution in [3.63, 3.8) is 0 Å². The van der Waals surface area contributed by atoms with E-state index in [9.17, 15) is 13.7 Å². The van der Waals surface area contributed by atoms with Crippen molar-refractivity contribution in [1.29, 1.82) is 5.26 Å². The monoisotopic (exact) mass is 436 g/mol. The molecule has 3 N–H and O–H groups in total. The van der Waals surface area contributed by atoms with Gasteiger partial charge in [0.1, 0.15) is 0 Å². The van der Waals surface area contributed by atoms with Crippen molar-refractivity contribution >= 4 is 15.8 Å². The molecule has 3 aromatic rings. The summed E-state index contributed by atoms with van der Waals surface area (Å²) in [6.07, 6.45) is 6.82. The van der Waals surface area contributed by atoms with E-state index >= 15 is 0 Å². The molecule has 2 aromatic heterocycles. The Hall–Kier alpha value is -3.29. The van der Waals surface area contributed by atoms with Gasteiger partial charge in [0.15, 0.2) is 23.7 Å². The molecule has 2 bridgehead atoms. The van der Waals surface area contributed by atoms with Gasteiger partial charge in [-0.05, 0) is 50.3 Å². The molecule has 3 saturated carbocycles. The Labute approximate surface area is 179 Å². The highest BCUT2D eigenvalue weighted by Crippen LogP contribution is 2.61. The van der Waals surface area contributed by atoms with Gasteiger partial charge in [0.25, 0.3) is 0 Å². The first-order valence-corrected chi connectivity index (χ1v) is 11.3. The minimum atomic E-state index is -3.77. The average Bonchev–Trinajstić information content (AvgIpc) is 3.44. The van der Waals surface area contributed by atoms with Crippen LogP contribution >= 0.6 is 0 Å². The normalized spacial score (nSPS) is 24.5. The predicted molar refractivity (Wildman–Crippen MR) is 112 cm³/mol. The Morgan fingerprint density at radius 2 is 2.06 bits per heavy atom. The van der Waals surface area contributed by atoms with E-state index in [4.69, 9.17) is 10.2 Å². The molecule has 0 aliphatic heterocycles. The molecule has 0 atom stereocenters. The molecule has 2 heterocycles. The maximum atomic E-state index is 13.1. The first kappa shape index (κ1) is 19.7.